The minimum Gasteiger partial charge on any atom is -0.290 e. The highest BCUT2D eigenvalue weighted by Crippen LogP contribution is 2.14. The Balaban J connectivity index is 2.23. The first kappa shape index (κ1) is 13.5. The maximum atomic E-state index is 12.3. The number of hydrogen-bond donors (Lipinski definition) is 0. The summed E-state index contributed by atoms with van der Waals surface area (Å²) in [6, 6.07) is 0. The predicted octanol–water partition coefficient (Wildman–Crippen LogP) is 1.46. The van der Waals surface area contributed by atoms with Crippen LogP contribution in [0.1, 0.15) is 40.9 Å². The van der Waals surface area contributed by atoms with Crippen molar-refractivity contribution in [2.45, 2.75) is 40.2 Å². The normalized spacial score (nSPS) is 10.9. The van der Waals surface area contributed by atoms with E-state index in [2.05, 4.69) is 15.2 Å². The highest BCUT2D eigenvalue weighted by molar-refractivity contribution is 5.94. The SMILES string of the molecule is CCCn1ncnc1C(=O)Cc1c(C)nn(C)c1C. The van der Waals surface area contributed by atoms with Gasteiger partial charge >= 0.3 is 0 Å². The van der Waals surface area contributed by atoms with Crippen LogP contribution in [0.3, 0.4) is 0 Å². The molecule has 0 aliphatic rings. The van der Waals surface area contributed by atoms with Crippen molar-refractivity contribution in [2.75, 3.05) is 0 Å². The smallest absolute Gasteiger partial charge is 0.204 e. The second-order valence-electron chi connectivity index (χ2n) is 4.68. The Labute approximate surface area is 112 Å². The van der Waals surface area contributed by atoms with Gasteiger partial charge in [-0.05, 0) is 20.3 Å². The highest BCUT2D eigenvalue weighted by atomic mass is 16.1. The fraction of sp³-hybridized carbons (Fsp3) is 0.538. The van der Waals surface area contributed by atoms with E-state index in [4.69, 9.17) is 0 Å². The fourth-order valence-electron chi connectivity index (χ4n) is 2.17. The zero-order chi connectivity index (χ0) is 14.0. The maximum absolute atomic E-state index is 12.3. The van der Waals surface area contributed by atoms with E-state index in [0.29, 0.717) is 18.8 Å². The van der Waals surface area contributed by atoms with Crippen LogP contribution >= 0.6 is 0 Å². The first-order valence-corrected chi connectivity index (χ1v) is 6.44. The Bertz CT molecular complexity index is 596. The summed E-state index contributed by atoms with van der Waals surface area (Å²) >= 11 is 0. The maximum Gasteiger partial charge on any atom is 0.204 e. The molecule has 0 amide bonds. The molecule has 0 N–H and O–H groups in total. The van der Waals surface area contributed by atoms with E-state index >= 15 is 0 Å². The molecule has 102 valence electrons. The van der Waals surface area contributed by atoms with Crippen LogP contribution in [0, 0.1) is 13.8 Å². The minimum atomic E-state index is -0.00912. The third-order valence-electron chi connectivity index (χ3n) is 3.30. The number of carbonyl (C=O) groups excluding carboxylic acids is 1. The number of aryl methyl sites for hydroxylation is 3. The minimum absolute atomic E-state index is 0.00912. The summed E-state index contributed by atoms with van der Waals surface area (Å²) in [7, 11) is 1.88. The van der Waals surface area contributed by atoms with Crippen molar-refractivity contribution >= 4 is 5.78 Å². The molecule has 0 aromatic carbocycles. The van der Waals surface area contributed by atoms with E-state index < -0.39 is 0 Å². The molecule has 0 unspecified atom stereocenters. The van der Waals surface area contributed by atoms with Gasteiger partial charge in [0, 0.05) is 31.3 Å². The predicted molar refractivity (Wildman–Crippen MR) is 71.0 cm³/mol. The Morgan fingerprint density at radius 1 is 1.37 bits per heavy atom. The monoisotopic (exact) mass is 261 g/mol. The Morgan fingerprint density at radius 3 is 2.68 bits per heavy atom. The van der Waals surface area contributed by atoms with Crippen molar-refractivity contribution in [2.24, 2.45) is 7.05 Å². The second kappa shape index (κ2) is 5.34. The van der Waals surface area contributed by atoms with E-state index in [0.717, 1.165) is 23.4 Å². The molecule has 0 atom stereocenters. The van der Waals surface area contributed by atoms with Gasteiger partial charge in [-0.2, -0.15) is 10.2 Å². The zero-order valence-electron chi connectivity index (χ0n) is 11.8. The van der Waals surface area contributed by atoms with Crippen LogP contribution < -0.4 is 0 Å². The lowest BCUT2D eigenvalue weighted by atomic mass is 10.1. The number of rotatable bonds is 5. The first-order chi connectivity index (χ1) is 9.04. The van der Waals surface area contributed by atoms with E-state index in [1.165, 1.54) is 6.33 Å². The quantitative estimate of drug-likeness (QED) is 0.764. The Kier molecular flexibility index (Phi) is 3.78. The number of nitrogens with zero attached hydrogens (tertiary/aromatic N) is 5. The van der Waals surface area contributed by atoms with Crippen molar-refractivity contribution in [1.29, 1.82) is 0 Å². The average molecular weight is 261 g/mol. The van der Waals surface area contributed by atoms with Crippen LogP contribution in [0.2, 0.25) is 0 Å². The molecule has 0 aliphatic heterocycles. The molecule has 0 bridgehead atoms. The van der Waals surface area contributed by atoms with Crippen molar-refractivity contribution < 1.29 is 4.79 Å². The van der Waals surface area contributed by atoms with Crippen LogP contribution in [-0.2, 0) is 20.0 Å². The van der Waals surface area contributed by atoms with E-state index in [-0.39, 0.29) is 5.78 Å². The molecule has 0 saturated carbocycles. The second-order valence-corrected chi connectivity index (χ2v) is 4.68. The number of carbonyl (C=O) groups is 1. The van der Waals surface area contributed by atoms with Gasteiger partial charge in [-0.1, -0.05) is 6.92 Å². The average Bonchev–Trinajstić information content (AvgIpc) is 2.91. The Hall–Kier alpha value is -1.98. The number of hydrogen-bond acceptors (Lipinski definition) is 4. The molecule has 19 heavy (non-hydrogen) atoms. The third-order valence-corrected chi connectivity index (χ3v) is 3.30. The van der Waals surface area contributed by atoms with Gasteiger partial charge in [-0.15, -0.1) is 0 Å². The summed E-state index contributed by atoms with van der Waals surface area (Å²) in [5.41, 5.74) is 2.90. The van der Waals surface area contributed by atoms with Crippen LogP contribution in [0.15, 0.2) is 6.33 Å². The van der Waals surface area contributed by atoms with Crippen LogP contribution in [0.4, 0.5) is 0 Å². The van der Waals surface area contributed by atoms with Gasteiger partial charge in [0.15, 0.2) is 5.82 Å². The van der Waals surface area contributed by atoms with Gasteiger partial charge in [-0.25, -0.2) is 9.67 Å². The van der Waals surface area contributed by atoms with Gasteiger partial charge < -0.3 is 0 Å². The Morgan fingerprint density at radius 2 is 2.11 bits per heavy atom. The summed E-state index contributed by atoms with van der Waals surface area (Å²) < 4.78 is 3.47. The standard InChI is InChI=1S/C13H19N5O/c1-5-6-18-13(14-8-15-18)12(19)7-11-9(2)16-17(4)10(11)3/h8H,5-7H2,1-4H3. The third kappa shape index (κ3) is 2.57. The van der Waals surface area contributed by atoms with Gasteiger partial charge in [0.2, 0.25) is 5.78 Å². The first-order valence-electron chi connectivity index (χ1n) is 6.44. The van der Waals surface area contributed by atoms with E-state index in [1.54, 1.807) is 9.36 Å². The lowest BCUT2D eigenvalue weighted by molar-refractivity contribution is 0.0977. The molecule has 6 heteroatoms. The number of Topliss-reactive ketones (excluding diaryl/α,β-unsaturated/α-hetero) is 1. The largest absolute Gasteiger partial charge is 0.290 e. The fourth-order valence-corrected chi connectivity index (χ4v) is 2.17. The molecular formula is C13H19N5O. The topological polar surface area (TPSA) is 65.6 Å². The summed E-state index contributed by atoms with van der Waals surface area (Å²) in [6.45, 7) is 6.66. The number of aromatic nitrogens is 5. The molecule has 0 saturated heterocycles. The molecule has 0 aliphatic carbocycles. The molecule has 6 nitrogen and oxygen atoms in total. The van der Waals surface area contributed by atoms with Crippen molar-refractivity contribution in [3.05, 3.63) is 29.1 Å². The summed E-state index contributed by atoms with van der Waals surface area (Å²) in [5.74, 6) is 0.426. The van der Waals surface area contributed by atoms with Crippen LogP contribution in [0.25, 0.3) is 0 Å². The summed E-state index contributed by atoms with van der Waals surface area (Å²) in [6.07, 6.45) is 2.69. The van der Waals surface area contributed by atoms with Crippen LogP contribution in [-0.4, -0.2) is 30.3 Å². The van der Waals surface area contributed by atoms with E-state index in [9.17, 15) is 4.79 Å². The van der Waals surface area contributed by atoms with Crippen molar-refractivity contribution in [3.63, 3.8) is 0 Å². The van der Waals surface area contributed by atoms with Crippen molar-refractivity contribution in [1.82, 2.24) is 24.5 Å². The zero-order valence-corrected chi connectivity index (χ0v) is 11.8. The highest BCUT2D eigenvalue weighted by Gasteiger charge is 2.18. The lowest BCUT2D eigenvalue weighted by Gasteiger charge is -2.04. The molecule has 2 aromatic rings. The number of ketones is 1. The molecule has 0 spiro atoms. The molecule has 2 aromatic heterocycles. The van der Waals surface area contributed by atoms with Crippen molar-refractivity contribution in [3.8, 4) is 0 Å². The van der Waals surface area contributed by atoms with E-state index in [1.807, 2.05) is 27.8 Å². The molecule has 2 rings (SSSR count). The van der Waals surface area contributed by atoms with Gasteiger partial charge in [0.1, 0.15) is 6.33 Å². The van der Waals surface area contributed by atoms with Gasteiger partial charge in [0.05, 0.1) is 5.69 Å². The molecule has 0 radical (unpaired) electrons. The lowest BCUT2D eigenvalue weighted by Crippen LogP contribution is -2.14. The summed E-state index contributed by atoms with van der Waals surface area (Å²) in [5, 5.41) is 8.41. The molecule has 2 heterocycles. The molecular weight excluding hydrogens is 242 g/mol. The van der Waals surface area contributed by atoms with Crippen LogP contribution in [0.5, 0.6) is 0 Å². The summed E-state index contributed by atoms with van der Waals surface area (Å²) in [4.78, 5) is 16.4. The van der Waals surface area contributed by atoms with Gasteiger partial charge in [-0.3, -0.25) is 9.48 Å². The molecule has 0 fully saturated rings. The van der Waals surface area contributed by atoms with Gasteiger partial charge in [0.25, 0.3) is 0 Å².